The molecule has 19 heavy (non-hydrogen) atoms. The van der Waals surface area contributed by atoms with Gasteiger partial charge in [-0.3, -0.25) is 4.79 Å². The molecule has 7 heteroatoms. The molecule has 0 atom stereocenters. The highest BCUT2D eigenvalue weighted by molar-refractivity contribution is 7.99. The maximum Gasteiger partial charge on any atom is 0.280 e. The van der Waals surface area contributed by atoms with E-state index in [0.717, 1.165) is 10.4 Å². The summed E-state index contributed by atoms with van der Waals surface area (Å²) in [5.74, 6) is 7.53. The lowest BCUT2D eigenvalue weighted by molar-refractivity contribution is 0.355. The van der Waals surface area contributed by atoms with Crippen LogP contribution >= 0.6 is 11.8 Å². The Balaban J connectivity index is 2.77. The van der Waals surface area contributed by atoms with Gasteiger partial charge < -0.3 is 15.3 Å². The zero-order valence-electron chi connectivity index (χ0n) is 11.0. The molecular formula is C12H15N3O3S. The minimum Gasteiger partial charge on any atom is -0.493 e. The average Bonchev–Trinajstić information content (AvgIpc) is 2.43. The molecule has 2 rings (SSSR count). The summed E-state index contributed by atoms with van der Waals surface area (Å²) < 4.78 is 11.4. The predicted molar refractivity (Wildman–Crippen MR) is 75.7 cm³/mol. The molecule has 0 saturated carbocycles. The number of benzene rings is 1. The SMILES string of the molecule is CCSc1nc2cc(OC)c(OC)cc2c(=O)n1N. The molecule has 1 aromatic carbocycles. The van der Waals surface area contributed by atoms with Crippen LogP contribution in [0, 0.1) is 0 Å². The van der Waals surface area contributed by atoms with Crippen molar-refractivity contribution in [3.05, 3.63) is 22.5 Å². The van der Waals surface area contributed by atoms with Gasteiger partial charge in [0.1, 0.15) is 0 Å². The number of hydrogen-bond donors (Lipinski definition) is 1. The molecule has 0 spiro atoms. The molecule has 0 radical (unpaired) electrons. The Labute approximate surface area is 114 Å². The number of nitrogen functional groups attached to an aromatic ring is 1. The van der Waals surface area contributed by atoms with Crippen LogP contribution in [0.5, 0.6) is 11.5 Å². The van der Waals surface area contributed by atoms with E-state index in [1.807, 2.05) is 6.92 Å². The molecule has 2 N–H and O–H groups in total. The average molecular weight is 281 g/mol. The van der Waals surface area contributed by atoms with Gasteiger partial charge in [0.25, 0.3) is 5.56 Å². The molecule has 6 nitrogen and oxygen atoms in total. The monoisotopic (exact) mass is 281 g/mol. The van der Waals surface area contributed by atoms with Crippen molar-refractivity contribution >= 4 is 22.7 Å². The Morgan fingerprint density at radius 1 is 1.32 bits per heavy atom. The highest BCUT2D eigenvalue weighted by Crippen LogP contribution is 2.30. The summed E-state index contributed by atoms with van der Waals surface area (Å²) in [6.07, 6.45) is 0. The number of methoxy groups -OCH3 is 2. The van der Waals surface area contributed by atoms with Crippen molar-refractivity contribution in [2.75, 3.05) is 25.8 Å². The topological polar surface area (TPSA) is 79.4 Å². The van der Waals surface area contributed by atoms with Gasteiger partial charge in [-0.15, -0.1) is 0 Å². The number of nitrogens with two attached hydrogens (primary N) is 1. The van der Waals surface area contributed by atoms with E-state index in [4.69, 9.17) is 15.3 Å². The summed E-state index contributed by atoms with van der Waals surface area (Å²) in [6.45, 7) is 1.97. The highest BCUT2D eigenvalue weighted by Gasteiger charge is 2.13. The molecule has 0 amide bonds. The number of hydrogen-bond acceptors (Lipinski definition) is 6. The minimum atomic E-state index is -0.304. The third-order valence-corrected chi connectivity index (χ3v) is 3.48. The number of fused-ring (bicyclic) bond motifs is 1. The van der Waals surface area contributed by atoms with Gasteiger partial charge in [-0.1, -0.05) is 18.7 Å². The second kappa shape index (κ2) is 5.40. The lowest BCUT2D eigenvalue weighted by atomic mass is 10.2. The number of ether oxygens (including phenoxy) is 2. The Bertz CT molecular complexity index is 669. The zero-order valence-corrected chi connectivity index (χ0v) is 11.8. The van der Waals surface area contributed by atoms with Crippen LogP contribution in [0.15, 0.2) is 22.1 Å². The van der Waals surface area contributed by atoms with Gasteiger partial charge in [0.2, 0.25) is 0 Å². The van der Waals surface area contributed by atoms with Crippen molar-refractivity contribution in [2.45, 2.75) is 12.1 Å². The number of aromatic nitrogens is 2. The van der Waals surface area contributed by atoms with Crippen molar-refractivity contribution in [3.63, 3.8) is 0 Å². The molecular weight excluding hydrogens is 266 g/mol. The third-order valence-electron chi connectivity index (χ3n) is 2.65. The summed E-state index contributed by atoms with van der Waals surface area (Å²) in [6, 6.07) is 3.27. The van der Waals surface area contributed by atoms with Crippen molar-refractivity contribution in [2.24, 2.45) is 0 Å². The number of rotatable bonds is 4. The Morgan fingerprint density at radius 2 is 1.95 bits per heavy atom. The predicted octanol–water partition coefficient (Wildman–Crippen LogP) is 1.24. The van der Waals surface area contributed by atoms with Gasteiger partial charge in [0, 0.05) is 6.07 Å². The third kappa shape index (κ3) is 2.33. The highest BCUT2D eigenvalue weighted by atomic mass is 32.2. The Morgan fingerprint density at radius 3 is 2.53 bits per heavy atom. The van der Waals surface area contributed by atoms with Crippen molar-refractivity contribution < 1.29 is 9.47 Å². The van der Waals surface area contributed by atoms with Crippen LogP contribution in [0.2, 0.25) is 0 Å². The van der Waals surface area contributed by atoms with Crippen molar-refractivity contribution in [3.8, 4) is 11.5 Å². The summed E-state index contributed by atoms with van der Waals surface area (Å²) in [4.78, 5) is 16.6. The standard InChI is InChI=1S/C12H15N3O3S/c1-4-19-12-14-8-6-10(18-3)9(17-2)5-7(8)11(16)15(12)13/h5-6H,4,13H2,1-3H3. The van der Waals surface area contributed by atoms with E-state index >= 15 is 0 Å². The van der Waals surface area contributed by atoms with Gasteiger partial charge in [0.15, 0.2) is 16.7 Å². The van der Waals surface area contributed by atoms with Gasteiger partial charge in [-0.25, -0.2) is 9.66 Å². The molecule has 0 aliphatic carbocycles. The smallest absolute Gasteiger partial charge is 0.280 e. The lowest BCUT2D eigenvalue weighted by Gasteiger charge is -2.11. The van der Waals surface area contributed by atoms with Gasteiger partial charge >= 0.3 is 0 Å². The van der Waals surface area contributed by atoms with E-state index in [0.29, 0.717) is 27.6 Å². The number of nitrogens with zero attached hydrogens (tertiary/aromatic N) is 2. The fourth-order valence-electron chi connectivity index (χ4n) is 1.74. The second-order valence-corrected chi connectivity index (χ2v) is 4.96. The first-order valence-electron chi connectivity index (χ1n) is 5.69. The van der Waals surface area contributed by atoms with Crippen LogP contribution in [0.3, 0.4) is 0 Å². The fourth-order valence-corrected chi connectivity index (χ4v) is 2.38. The van der Waals surface area contributed by atoms with E-state index in [-0.39, 0.29) is 5.56 Å². The van der Waals surface area contributed by atoms with Crippen molar-refractivity contribution in [1.82, 2.24) is 9.66 Å². The van der Waals surface area contributed by atoms with E-state index in [9.17, 15) is 4.79 Å². The van der Waals surface area contributed by atoms with E-state index in [1.165, 1.54) is 26.0 Å². The second-order valence-electron chi connectivity index (χ2n) is 3.73. The molecule has 1 aromatic heterocycles. The Kier molecular flexibility index (Phi) is 3.84. The molecule has 102 valence electrons. The Hall–Kier alpha value is -1.89. The molecule has 0 aliphatic rings. The molecule has 0 bridgehead atoms. The summed E-state index contributed by atoms with van der Waals surface area (Å²) in [5, 5.41) is 0.882. The van der Waals surface area contributed by atoms with E-state index in [1.54, 1.807) is 12.1 Å². The zero-order chi connectivity index (χ0) is 14.0. The quantitative estimate of drug-likeness (QED) is 0.516. The molecule has 0 saturated heterocycles. The minimum absolute atomic E-state index is 0.304. The molecule has 0 aliphatic heterocycles. The molecule has 0 unspecified atom stereocenters. The van der Waals surface area contributed by atoms with Crippen LogP contribution in [-0.2, 0) is 0 Å². The van der Waals surface area contributed by atoms with Gasteiger partial charge in [-0.2, -0.15) is 0 Å². The first-order chi connectivity index (χ1) is 9.12. The van der Waals surface area contributed by atoms with Crippen molar-refractivity contribution in [1.29, 1.82) is 0 Å². The van der Waals surface area contributed by atoms with Crippen LogP contribution in [-0.4, -0.2) is 29.6 Å². The first kappa shape index (κ1) is 13.5. The van der Waals surface area contributed by atoms with Crippen LogP contribution < -0.4 is 20.9 Å². The first-order valence-corrected chi connectivity index (χ1v) is 6.67. The number of thioether (sulfide) groups is 1. The van der Waals surface area contributed by atoms with E-state index < -0.39 is 0 Å². The maximum absolute atomic E-state index is 12.2. The van der Waals surface area contributed by atoms with Gasteiger partial charge in [0.05, 0.1) is 25.1 Å². The van der Waals surface area contributed by atoms with Gasteiger partial charge in [-0.05, 0) is 11.8 Å². The molecule has 0 fully saturated rings. The summed E-state index contributed by atoms with van der Waals surface area (Å²) >= 11 is 1.41. The van der Waals surface area contributed by atoms with Crippen LogP contribution in [0.1, 0.15) is 6.92 Å². The molecule has 1 heterocycles. The summed E-state index contributed by atoms with van der Waals surface area (Å²) in [7, 11) is 3.05. The normalized spacial score (nSPS) is 10.7. The lowest BCUT2D eigenvalue weighted by Crippen LogP contribution is -2.29. The maximum atomic E-state index is 12.2. The fraction of sp³-hybridized carbons (Fsp3) is 0.333. The van der Waals surface area contributed by atoms with Crippen LogP contribution in [0.4, 0.5) is 0 Å². The summed E-state index contributed by atoms with van der Waals surface area (Å²) in [5.41, 5.74) is 0.238. The molecule has 2 aromatic rings. The van der Waals surface area contributed by atoms with E-state index in [2.05, 4.69) is 4.98 Å². The van der Waals surface area contributed by atoms with Crippen LogP contribution in [0.25, 0.3) is 10.9 Å². The largest absolute Gasteiger partial charge is 0.493 e.